The minimum atomic E-state index is -1.11. The average molecular weight is 373 g/mol. The number of nitrogens with zero attached hydrogens (tertiary/aromatic N) is 1. The Balaban J connectivity index is 2.55. The topological polar surface area (TPSA) is 87.6 Å². The second-order valence-electron chi connectivity index (χ2n) is 6.66. The van der Waals surface area contributed by atoms with Gasteiger partial charge in [-0.3, -0.25) is 9.59 Å². The van der Waals surface area contributed by atoms with E-state index in [-0.39, 0.29) is 36.3 Å². The normalized spacial score (nSPS) is 12.4. The van der Waals surface area contributed by atoms with Gasteiger partial charge in [-0.15, -0.1) is 9.24 Å². The largest absolute Gasteiger partial charge is 0.354 e. The van der Waals surface area contributed by atoms with Crippen molar-refractivity contribution < 1.29 is 18.4 Å². The summed E-state index contributed by atoms with van der Waals surface area (Å²) in [6.45, 7) is 5.36. The molecular formula is C16H22F2N3O3P. The summed E-state index contributed by atoms with van der Waals surface area (Å²) in [4.78, 5) is 34.3. The van der Waals surface area contributed by atoms with Crippen LogP contribution in [0.5, 0.6) is 0 Å². The molecule has 1 aromatic rings. The van der Waals surface area contributed by atoms with E-state index in [4.69, 9.17) is 0 Å². The van der Waals surface area contributed by atoms with Gasteiger partial charge in [-0.2, -0.15) is 4.91 Å². The number of nitrogens with one attached hydrogen (secondary N) is 2. The molecule has 0 fully saturated rings. The van der Waals surface area contributed by atoms with Crippen LogP contribution in [0, 0.1) is 22.0 Å². The number of hydrogen-bond acceptors (Lipinski definition) is 4. The van der Waals surface area contributed by atoms with Gasteiger partial charge >= 0.3 is 0 Å². The molecule has 25 heavy (non-hydrogen) atoms. The van der Waals surface area contributed by atoms with Crippen molar-refractivity contribution in [1.29, 1.82) is 0 Å². The van der Waals surface area contributed by atoms with Gasteiger partial charge in [-0.1, -0.05) is 19.0 Å². The molecule has 0 saturated carbocycles. The van der Waals surface area contributed by atoms with Crippen LogP contribution in [0.1, 0.15) is 37.6 Å². The van der Waals surface area contributed by atoms with E-state index in [0.29, 0.717) is 0 Å². The summed E-state index contributed by atoms with van der Waals surface area (Å²) in [5.41, 5.74) is -0.543. The van der Waals surface area contributed by atoms with E-state index in [9.17, 15) is 23.3 Å². The maximum absolute atomic E-state index is 13.3. The van der Waals surface area contributed by atoms with E-state index < -0.39 is 29.0 Å². The summed E-state index contributed by atoms with van der Waals surface area (Å²) in [5, 5.41) is 8.29. The molecule has 0 aliphatic carbocycles. The third-order valence-electron chi connectivity index (χ3n) is 3.45. The van der Waals surface area contributed by atoms with Gasteiger partial charge in [0.15, 0.2) is 11.6 Å². The summed E-state index contributed by atoms with van der Waals surface area (Å²) < 4.78 is 26.4. The summed E-state index contributed by atoms with van der Waals surface area (Å²) in [7, 11) is 2.18. The molecule has 0 bridgehead atoms. The fourth-order valence-electron chi connectivity index (χ4n) is 2.11. The van der Waals surface area contributed by atoms with Crippen molar-refractivity contribution in [3.8, 4) is 0 Å². The minimum Gasteiger partial charge on any atom is -0.354 e. The van der Waals surface area contributed by atoms with Crippen LogP contribution in [0.3, 0.4) is 0 Å². The van der Waals surface area contributed by atoms with Crippen molar-refractivity contribution in [3.05, 3.63) is 34.2 Å². The van der Waals surface area contributed by atoms with Crippen LogP contribution in [-0.2, 0) is 4.79 Å². The van der Waals surface area contributed by atoms with Crippen molar-refractivity contribution in [3.63, 3.8) is 0 Å². The van der Waals surface area contributed by atoms with Crippen molar-refractivity contribution in [1.82, 2.24) is 10.6 Å². The van der Waals surface area contributed by atoms with E-state index >= 15 is 0 Å². The highest BCUT2D eigenvalue weighted by atomic mass is 31.0. The standard InChI is InChI=1S/C16H22F2N3O3P/c1-9(7-19-14(22)6-16(2,3)8-20-24)21-15(23)10-4-11(17)12(18)5-13(10)25/h4-5,9H,6-8,25H2,1-3H3,(H,19,22)(H,21,23). The van der Waals surface area contributed by atoms with E-state index in [1.807, 2.05) is 0 Å². The SMILES string of the molecule is CC(CNC(=O)CC(C)(C)CN=O)NC(=O)c1cc(F)c(F)cc1P. The van der Waals surface area contributed by atoms with Crippen LogP contribution >= 0.6 is 9.24 Å². The Morgan fingerprint density at radius 2 is 1.88 bits per heavy atom. The van der Waals surface area contributed by atoms with Gasteiger partial charge in [-0.05, 0) is 29.8 Å². The van der Waals surface area contributed by atoms with Gasteiger partial charge in [0.25, 0.3) is 5.91 Å². The Hall–Kier alpha value is -1.95. The van der Waals surface area contributed by atoms with Crippen LogP contribution in [0.15, 0.2) is 17.3 Å². The summed E-state index contributed by atoms with van der Waals surface area (Å²) in [6, 6.07) is 1.32. The first kappa shape index (κ1) is 21.1. The first-order chi connectivity index (χ1) is 11.6. The Morgan fingerprint density at radius 3 is 2.48 bits per heavy atom. The lowest BCUT2D eigenvalue weighted by molar-refractivity contribution is -0.123. The Bertz CT molecular complexity index is 668. The number of carbonyl (C=O) groups excluding carboxylic acids is 2. The smallest absolute Gasteiger partial charge is 0.252 e. The molecule has 0 aromatic heterocycles. The zero-order valence-electron chi connectivity index (χ0n) is 14.4. The van der Waals surface area contributed by atoms with Gasteiger partial charge in [0, 0.05) is 24.6 Å². The van der Waals surface area contributed by atoms with Gasteiger partial charge in [0.2, 0.25) is 5.91 Å². The van der Waals surface area contributed by atoms with Crippen LogP contribution in [0.2, 0.25) is 0 Å². The Morgan fingerprint density at radius 1 is 1.28 bits per heavy atom. The van der Waals surface area contributed by atoms with E-state index in [2.05, 4.69) is 25.1 Å². The van der Waals surface area contributed by atoms with Gasteiger partial charge in [0.1, 0.15) is 0 Å². The third-order valence-corrected chi connectivity index (χ3v) is 3.93. The van der Waals surface area contributed by atoms with Crippen molar-refractivity contribution in [2.24, 2.45) is 10.6 Å². The van der Waals surface area contributed by atoms with E-state index in [1.54, 1.807) is 20.8 Å². The number of amides is 2. The highest BCUT2D eigenvalue weighted by Gasteiger charge is 2.23. The molecule has 9 heteroatoms. The number of halogens is 2. The van der Waals surface area contributed by atoms with Crippen molar-refractivity contribution in [2.45, 2.75) is 33.2 Å². The van der Waals surface area contributed by atoms with Gasteiger partial charge in [0.05, 0.1) is 6.54 Å². The molecule has 1 rings (SSSR count). The summed E-state index contributed by atoms with van der Waals surface area (Å²) in [6.07, 6.45) is 0.123. The fraction of sp³-hybridized carbons (Fsp3) is 0.500. The molecule has 0 heterocycles. The molecule has 6 nitrogen and oxygen atoms in total. The average Bonchev–Trinajstić information content (AvgIpc) is 2.48. The van der Waals surface area contributed by atoms with Crippen LogP contribution < -0.4 is 15.9 Å². The quantitative estimate of drug-likeness (QED) is 0.539. The van der Waals surface area contributed by atoms with Crippen LogP contribution in [0.4, 0.5) is 8.78 Å². The predicted octanol–water partition coefficient (Wildman–Crippen LogP) is 1.88. The molecule has 0 aliphatic heterocycles. The lowest BCUT2D eigenvalue weighted by atomic mass is 9.89. The second-order valence-corrected chi connectivity index (χ2v) is 7.28. The molecule has 2 amide bonds. The zero-order valence-corrected chi connectivity index (χ0v) is 15.5. The first-order valence-electron chi connectivity index (χ1n) is 7.67. The van der Waals surface area contributed by atoms with E-state index in [1.165, 1.54) is 0 Å². The molecule has 2 unspecified atom stereocenters. The number of hydrogen-bond donors (Lipinski definition) is 2. The highest BCUT2D eigenvalue weighted by Crippen LogP contribution is 2.20. The molecule has 0 aliphatic rings. The van der Waals surface area contributed by atoms with E-state index in [0.717, 1.165) is 12.1 Å². The molecule has 2 atom stereocenters. The highest BCUT2D eigenvalue weighted by molar-refractivity contribution is 7.27. The lowest BCUT2D eigenvalue weighted by Crippen LogP contribution is -2.43. The van der Waals surface area contributed by atoms with Crippen molar-refractivity contribution >= 4 is 26.4 Å². The maximum atomic E-state index is 13.3. The lowest BCUT2D eigenvalue weighted by Gasteiger charge is -2.21. The monoisotopic (exact) mass is 373 g/mol. The molecule has 138 valence electrons. The molecular weight excluding hydrogens is 351 g/mol. The Kier molecular flexibility index (Phi) is 7.55. The Labute approximate surface area is 147 Å². The molecule has 0 radical (unpaired) electrons. The summed E-state index contributed by atoms with van der Waals surface area (Å²) in [5.74, 6) is -2.98. The molecule has 1 aromatic carbocycles. The number of rotatable bonds is 8. The van der Waals surface area contributed by atoms with Gasteiger partial charge < -0.3 is 10.6 Å². The zero-order chi connectivity index (χ0) is 19.2. The molecule has 2 N–H and O–H groups in total. The number of nitroso groups, excluding NO2 is 1. The van der Waals surface area contributed by atoms with Crippen LogP contribution in [-0.4, -0.2) is 30.9 Å². The first-order valence-corrected chi connectivity index (χ1v) is 8.24. The summed E-state index contributed by atoms with van der Waals surface area (Å²) >= 11 is 0. The number of benzene rings is 1. The van der Waals surface area contributed by atoms with Crippen LogP contribution in [0.25, 0.3) is 0 Å². The van der Waals surface area contributed by atoms with Crippen molar-refractivity contribution in [2.75, 3.05) is 13.1 Å². The fourth-order valence-corrected chi connectivity index (χ4v) is 2.47. The maximum Gasteiger partial charge on any atom is 0.252 e. The van der Waals surface area contributed by atoms with Gasteiger partial charge in [-0.25, -0.2) is 8.78 Å². The molecule has 0 spiro atoms. The molecule has 0 saturated heterocycles. The predicted molar refractivity (Wildman–Crippen MR) is 94.7 cm³/mol. The third kappa shape index (κ3) is 6.82. The number of carbonyl (C=O) groups is 2. The second kappa shape index (κ2) is 8.94. The minimum absolute atomic E-state index is 0.000247.